The molecule has 16 heavy (non-hydrogen) atoms. The Balaban J connectivity index is 3.10. The highest BCUT2D eigenvalue weighted by Gasteiger charge is 2.36. The van der Waals surface area contributed by atoms with E-state index in [2.05, 4.69) is 45.9 Å². The number of ether oxygens (including phenoxy) is 1. The molecule has 0 fully saturated rings. The minimum atomic E-state index is -0.302. The molecule has 0 bridgehead atoms. The maximum absolute atomic E-state index is 7.88. The molecule has 0 radical (unpaired) electrons. The van der Waals surface area contributed by atoms with Crippen LogP contribution in [0.25, 0.3) is 0 Å². The van der Waals surface area contributed by atoms with Gasteiger partial charge in [0.2, 0.25) is 0 Å². The maximum atomic E-state index is 7.88. The molecule has 1 aliphatic rings. The predicted molar refractivity (Wildman–Crippen MR) is 69.0 cm³/mol. The van der Waals surface area contributed by atoms with Gasteiger partial charge in [-0.2, -0.15) is 0 Å². The summed E-state index contributed by atoms with van der Waals surface area (Å²) in [6, 6.07) is 0. The lowest BCUT2D eigenvalue weighted by atomic mass is 9.72. The molecular weight excluding hydrogens is 198 g/mol. The Labute approximate surface area is 98.9 Å². The average Bonchev–Trinajstić information content (AvgIpc) is 2.16. The standard InChI is InChI=1S/C14H23NO/c1-10(15)14(5)8-7-11(13(2,3)4)9-12(14)16-6/h7-9,12,15H,1-6H3. The van der Waals surface area contributed by atoms with Gasteiger partial charge in [-0.1, -0.05) is 39.0 Å². The second kappa shape index (κ2) is 4.17. The number of methoxy groups -OCH3 is 1. The summed E-state index contributed by atoms with van der Waals surface area (Å²) in [6.07, 6.45) is 6.35. The molecule has 2 unspecified atom stereocenters. The van der Waals surface area contributed by atoms with Crippen LogP contribution in [0.3, 0.4) is 0 Å². The van der Waals surface area contributed by atoms with Gasteiger partial charge < -0.3 is 10.1 Å². The maximum Gasteiger partial charge on any atom is 0.0898 e. The Morgan fingerprint density at radius 3 is 2.38 bits per heavy atom. The molecule has 0 aromatic rings. The molecule has 0 heterocycles. The predicted octanol–water partition coefficient (Wildman–Crippen LogP) is 3.59. The lowest BCUT2D eigenvalue weighted by Crippen LogP contribution is -2.39. The zero-order chi connectivity index (χ0) is 12.6. The third-order valence-corrected chi connectivity index (χ3v) is 3.46. The number of hydrogen-bond donors (Lipinski definition) is 1. The van der Waals surface area contributed by atoms with Crippen molar-refractivity contribution in [2.45, 2.75) is 40.7 Å². The van der Waals surface area contributed by atoms with E-state index in [9.17, 15) is 0 Å². The monoisotopic (exact) mass is 221 g/mol. The van der Waals surface area contributed by atoms with Crippen molar-refractivity contribution in [2.75, 3.05) is 7.11 Å². The summed E-state index contributed by atoms with van der Waals surface area (Å²) in [6.45, 7) is 10.5. The Morgan fingerprint density at radius 1 is 1.44 bits per heavy atom. The van der Waals surface area contributed by atoms with Crippen molar-refractivity contribution in [1.82, 2.24) is 0 Å². The van der Waals surface area contributed by atoms with E-state index >= 15 is 0 Å². The SMILES string of the molecule is COC1C=C(C(C)(C)C)C=CC1(C)C(C)=N. The molecule has 2 atom stereocenters. The molecule has 1 N–H and O–H groups in total. The van der Waals surface area contributed by atoms with E-state index in [-0.39, 0.29) is 16.9 Å². The molecule has 0 aromatic carbocycles. The molecule has 0 aromatic heterocycles. The average molecular weight is 221 g/mol. The second-order valence-electron chi connectivity index (χ2n) is 5.77. The van der Waals surface area contributed by atoms with Crippen molar-refractivity contribution in [3.63, 3.8) is 0 Å². The summed E-state index contributed by atoms with van der Waals surface area (Å²) in [5, 5.41) is 7.88. The highest BCUT2D eigenvalue weighted by Crippen LogP contribution is 2.38. The van der Waals surface area contributed by atoms with Crippen LogP contribution in [-0.4, -0.2) is 18.9 Å². The highest BCUT2D eigenvalue weighted by molar-refractivity contribution is 5.88. The largest absolute Gasteiger partial charge is 0.376 e. The Bertz CT molecular complexity index is 346. The molecule has 1 aliphatic carbocycles. The molecule has 0 saturated heterocycles. The molecule has 2 nitrogen and oxygen atoms in total. The van der Waals surface area contributed by atoms with Gasteiger partial charge >= 0.3 is 0 Å². The summed E-state index contributed by atoms with van der Waals surface area (Å²) < 4.78 is 5.52. The fraction of sp³-hybridized carbons (Fsp3) is 0.643. The fourth-order valence-corrected chi connectivity index (χ4v) is 1.90. The zero-order valence-electron chi connectivity index (χ0n) is 11.2. The lowest BCUT2D eigenvalue weighted by molar-refractivity contribution is 0.0871. The topological polar surface area (TPSA) is 33.1 Å². The molecule has 0 amide bonds. The number of rotatable bonds is 2. The van der Waals surface area contributed by atoms with Crippen LogP contribution in [0.15, 0.2) is 23.8 Å². The van der Waals surface area contributed by atoms with Gasteiger partial charge in [-0.05, 0) is 24.8 Å². The van der Waals surface area contributed by atoms with E-state index in [1.165, 1.54) is 5.57 Å². The number of hydrogen-bond acceptors (Lipinski definition) is 2. The Morgan fingerprint density at radius 2 is 2.00 bits per heavy atom. The van der Waals surface area contributed by atoms with E-state index in [0.717, 1.165) is 0 Å². The van der Waals surface area contributed by atoms with Crippen LogP contribution in [0.4, 0.5) is 0 Å². The lowest BCUT2D eigenvalue weighted by Gasteiger charge is -2.37. The first kappa shape index (κ1) is 13.2. The zero-order valence-corrected chi connectivity index (χ0v) is 11.2. The normalized spacial score (nSPS) is 30.1. The van der Waals surface area contributed by atoms with Crippen LogP contribution in [0.5, 0.6) is 0 Å². The summed E-state index contributed by atoms with van der Waals surface area (Å²) in [5.74, 6) is 0. The minimum Gasteiger partial charge on any atom is -0.376 e. The number of nitrogens with one attached hydrogen (secondary N) is 1. The van der Waals surface area contributed by atoms with Crippen LogP contribution in [0, 0.1) is 16.2 Å². The van der Waals surface area contributed by atoms with Crippen molar-refractivity contribution >= 4 is 5.71 Å². The molecule has 2 heteroatoms. The first-order valence-electron chi connectivity index (χ1n) is 5.72. The summed E-state index contributed by atoms with van der Waals surface area (Å²) >= 11 is 0. The molecular formula is C14H23NO. The van der Waals surface area contributed by atoms with E-state index in [0.29, 0.717) is 5.71 Å². The van der Waals surface area contributed by atoms with E-state index < -0.39 is 0 Å². The van der Waals surface area contributed by atoms with E-state index in [4.69, 9.17) is 10.1 Å². The number of allylic oxidation sites excluding steroid dienone is 2. The first-order chi connectivity index (χ1) is 7.21. The van der Waals surface area contributed by atoms with Crippen LogP contribution >= 0.6 is 0 Å². The van der Waals surface area contributed by atoms with Crippen molar-refractivity contribution in [1.29, 1.82) is 5.41 Å². The first-order valence-corrected chi connectivity index (χ1v) is 5.72. The highest BCUT2D eigenvalue weighted by atomic mass is 16.5. The van der Waals surface area contributed by atoms with Gasteiger partial charge in [0.25, 0.3) is 0 Å². The van der Waals surface area contributed by atoms with Gasteiger partial charge in [-0.25, -0.2) is 0 Å². The summed E-state index contributed by atoms with van der Waals surface area (Å²) in [4.78, 5) is 0. The van der Waals surface area contributed by atoms with Crippen LogP contribution < -0.4 is 0 Å². The molecule has 0 aliphatic heterocycles. The van der Waals surface area contributed by atoms with Crippen LogP contribution in [-0.2, 0) is 4.74 Å². The fourth-order valence-electron chi connectivity index (χ4n) is 1.90. The molecule has 90 valence electrons. The van der Waals surface area contributed by atoms with Crippen molar-refractivity contribution in [3.05, 3.63) is 23.8 Å². The van der Waals surface area contributed by atoms with Gasteiger partial charge in [-0.3, -0.25) is 0 Å². The van der Waals surface area contributed by atoms with Crippen molar-refractivity contribution < 1.29 is 4.74 Å². The van der Waals surface area contributed by atoms with E-state index in [1.54, 1.807) is 7.11 Å². The van der Waals surface area contributed by atoms with Crippen LogP contribution in [0.2, 0.25) is 0 Å². The molecule has 0 saturated carbocycles. The third-order valence-electron chi connectivity index (χ3n) is 3.46. The quantitative estimate of drug-likeness (QED) is 0.710. The Kier molecular flexibility index (Phi) is 3.44. The smallest absolute Gasteiger partial charge is 0.0898 e. The third kappa shape index (κ3) is 2.27. The van der Waals surface area contributed by atoms with Gasteiger partial charge in [0.15, 0.2) is 0 Å². The summed E-state index contributed by atoms with van der Waals surface area (Å²) in [5.41, 5.74) is 1.74. The van der Waals surface area contributed by atoms with E-state index in [1.807, 2.05) is 6.92 Å². The van der Waals surface area contributed by atoms with Gasteiger partial charge in [0, 0.05) is 12.8 Å². The van der Waals surface area contributed by atoms with Crippen molar-refractivity contribution in [3.8, 4) is 0 Å². The second-order valence-corrected chi connectivity index (χ2v) is 5.77. The molecule has 0 spiro atoms. The van der Waals surface area contributed by atoms with Gasteiger partial charge in [-0.15, -0.1) is 0 Å². The molecule has 1 rings (SSSR count). The van der Waals surface area contributed by atoms with Crippen molar-refractivity contribution in [2.24, 2.45) is 10.8 Å². The van der Waals surface area contributed by atoms with Gasteiger partial charge in [0.1, 0.15) is 0 Å². The Hall–Kier alpha value is -0.890. The van der Waals surface area contributed by atoms with Crippen LogP contribution in [0.1, 0.15) is 34.6 Å². The minimum absolute atomic E-state index is 0.0378. The summed E-state index contributed by atoms with van der Waals surface area (Å²) in [7, 11) is 1.71. The van der Waals surface area contributed by atoms with Gasteiger partial charge in [0.05, 0.1) is 11.5 Å².